The number of rotatable bonds is 6. The Balaban J connectivity index is 1.37. The van der Waals surface area contributed by atoms with Gasteiger partial charge in [0.15, 0.2) is 5.76 Å². The van der Waals surface area contributed by atoms with Crippen LogP contribution in [0.15, 0.2) is 28.7 Å². The first-order chi connectivity index (χ1) is 13.2. The van der Waals surface area contributed by atoms with Gasteiger partial charge < -0.3 is 19.4 Å². The van der Waals surface area contributed by atoms with E-state index in [1.165, 1.54) is 32.2 Å². The number of furan rings is 1. The number of methoxy groups -OCH3 is 1. The average Bonchev–Trinajstić information content (AvgIpc) is 3.32. The van der Waals surface area contributed by atoms with Crippen LogP contribution in [0.1, 0.15) is 54.6 Å². The van der Waals surface area contributed by atoms with Crippen LogP contribution in [0.25, 0.3) is 11.0 Å². The summed E-state index contributed by atoms with van der Waals surface area (Å²) in [5.74, 6) is 1.17. The summed E-state index contributed by atoms with van der Waals surface area (Å²) in [7, 11) is 1.64. The highest BCUT2D eigenvalue weighted by Gasteiger charge is 2.27. The van der Waals surface area contributed by atoms with Gasteiger partial charge in [0.25, 0.3) is 5.91 Å². The Morgan fingerprint density at radius 3 is 2.67 bits per heavy atom. The maximum Gasteiger partial charge on any atom is 0.287 e. The maximum atomic E-state index is 12.9. The maximum absolute atomic E-state index is 12.9. The summed E-state index contributed by atoms with van der Waals surface area (Å²) < 4.78 is 11.2. The van der Waals surface area contributed by atoms with Crippen molar-refractivity contribution in [1.82, 2.24) is 10.2 Å². The van der Waals surface area contributed by atoms with Crippen molar-refractivity contribution in [2.75, 3.05) is 26.7 Å². The fraction of sp³-hybridized carbons (Fsp3) is 0.591. The lowest BCUT2D eigenvalue weighted by Crippen LogP contribution is -2.45. The normalized spacial score (nSPS) is 19.7. The number of carbonyl (C=O) groups excluding carboxylic acids is 1. The van der Waals surface area contributed by atoms with Gasteiger partial charge in [-0.1, -0.05) is 31.0 Å². The number of benzene rings is 1. The van der Waals surface area contributed by atoms with E-state index >= 15 is 0 Å². The van der Waals surface area contributed by atoms with Crippen LogP contribution < -0.4 is 5.32 Å². The van der Waals surface area contributed by atoms with Gasteiger partial charge in [0, 0.05) is 43.7 Å². The van der Waals surface area contributed by atoms with E-state index < -0.39 is 0 Å². The Hall–Kier alpha value is -1.85. The van der Waals surface area contributed by atoms with Gasteiger partial charge in [-0.3, -0.25) is 4.79 Å². The van der Waals surface area contributed by atoms with Gasteiger partial charge in [-0.25, -0.2) is 0 Å². The Morgan fingerprint density at radius 1 is 1.19 bits per heavy atom. The summed E-state index contributed by atoms with van der Waals surface area (Å²) in [6.07, 6.45) is 7.61. The number of fused-ring (bicyclic) bond motifs is 1. The van der Waals surface area contributed by atoms with E-state index in [4.69, 9.17) is 9.15 Å². The third-order valence-electron chi connectivity index (χ3n) is 6.11. The second-order valence-electron chi connectivity index (χ2n) is 8.04. The molecule has 146 valence electrons. The van der Waals surface area contributed by atoms with Crippen LogP contribution in [-0.2, 0) is 11.3 Å². The molecule has 5 heteroatoms. The highest BCUT2D eigenvalue weighted by Crippen LogP contribution is 2.28. The highest BCUT2D eigenvalue weighted by molar-refractivity contribution is 5.99. The molecule has 1 saturated heterocycles. The molecule has 1 aromatic heterocycles. The molecular formula is C22H30N2O3. The number of ether oxygens (including phenoxy) is 1. The number of nitrogens with zero attached hydrogens (tertiary/aromatic N) is 1. The minimum absolute atomic E-state index is 0.118. The van der Waals surface area contributed by atoms with Crippen LogP contribution in [0.2, 0.25) is 0 Å². The molecule has 2 aromatic rings. The topological polar surface area (TPSA) is 54.7 Å². The van der Waals surface area contributed by atoms with Gasteiger partial charge in [-0.15, -0.1) is 0 Å². The molecule has 4 rings (SSSR count). The minimum atomic E-state index is -0.118. The molecule has 0 radical (unpaired) electrons. The van der Waals surface area contributed by atoms with Crippen molar-refractivity contribution in [2.45, 2.75) is 51.2 Å². The molecule has 1 aliphatic heterocycles. The molecule has 5 nitrogen and oxygen atoms in total. The molecule has 1 amide bonds. The number of likely N-dealkylation sites (tertiary alicyclic amines) is 1. The fourth-order valence-corrected chi connectivity index (χ4v) is 4.64. The summed E-state index contributed by atoms with van der Waals surface area (Å²) in [6, 6.07) is 7.97. The van der Waals surface area contributed by atoms with Crippen molar-refractivity contribution in [3.8, 4) is 0 Å². The molecular weight excluding hydrogens is 340 g/mol. The lowest BCUT2D eigenvalue weighted by atomic mass is 10.0. The Morgan fingerprint density at radius 2 is 1.93 bits per heavy atom. The van der Waals surface area contributed by atoms with E-state index in [1.54, 1.807) is 7.11 Å². The van der Waals surface area contributed by atoms with Crippen LogP contribution in [0, 0.1) is 5.92 Å². The third kappa shape index (κ3) is 4.19. The second kappa shape index (κ2) is 8.44. The van der Waals surface area contributed by atoms with Crippen molar-refractivity contribution in [2.24, 2.45) is 5.92 Å². The molecule has 2 fully saturated rings. The number of para-hydroxylation sites is 1. The zero-order valence-corrected chi connectivity index (χ0v) is 16.2. The lowest BCUT2D eigenvalue weighted by molar-refractivity contribution is 0.0874. The molecule has 1 saturated carbocycles. The van der Waals surface area contributed by atoms with Crippen molar-refractivity contribution in [3.63, 3.8) is 0 Å². The molecule has 0 atom stereocenters. The smallest absolute Gasteiger partial charge is 0.287 e. The third-order valence-corrected chi connectivity index (χ3v) is 6.11. The van der Waals surface area contributed by atoms with Gasteiger partial charge in [-0.2, -0.15) is 0 Å². The summed E-state index contributed by atoms with van der Waals surface area (Å²) in [6.45, 7) is 3.76. The fourth-order valence-electron chi connectivity index (χ4n) is 4.64. The second-order valence-corrected chi connectivity index (χ2v) is 8.04. The van der Waals surface area contributed by atoms with E-state index in [9.17, 15) is 4.79 Å². The zero-order valence-electron chi connectivity index (χ0n) is 16.2. The van der Waals surface area contributed by atoms with Crippen LogP contribution in [0.3, 0.4) is 0 Å². The average molecular weight is 370 g/mol. The van der Waals surface area contributed by atoms with E-state index in [1.807, 2.05) is 24.3 Å². The SMILES string of the molecule is COCc1c(C(=O)NC2CCN(CC3CCCC3)CC2)oc2ccccc12. The molecule has 1 aromatic carbocycles. The summed E-state index contributed by atoms with van der Waals surface area (Å²) in [5.41, 5.74) is 1.57. The Kier molecular flexibility index (Phi) is 5.79. The number of hydrogen-bond donors (Lipinski definition) is 1. The molecule has 0 unspecified atom stereocenters. The van der Waals surface area contributed by atoms with Gasteiger partial charge in [0.2, 0.25) is 0 Å². The van der Waals surface area contributed by atoms with Gasteiger partial charge >= 0.3 is 0 Å². The summed E-state index contributed by atoms with van der Waals surface area (Å²) >= 11 is 0. The van der Waals surface area contributed by atoms with E-state index in [0.29, 0.717) is 12.4 Å². The quantitative estimate of drug-likeness (QED) is 0.836. The van der Waals surface area contributed by atoms with Crippen molar-refractivity contribution >= 4 is 16.9 Å². The first kappa shape index (κ1) is 18.5. The molecule has 1 N–H and O–H groups in total. The Labute approximate surface area is 161 Å². The number of amides is 1. The largest absolute Gasteiger partial charge is 0.451 e. The number of piperidine rings is 1. The van der Waals surface area contributed by atoms with Gasteiger partial charge in [0.1, 0.15) is 5.58 Å². The lowest BCUT2D eigenvalue weighted by Gasteiger charge is -2.33. The number of carbonyl (C=O) groups is 1. The number of nitrogens with one attached hydrogen (secondary N) is 1. The summed E-state index contributed by atoms with van der Waals surface area (Å²) in [5, 5.41) is 4.15. The highest BCUT2D eigenvalue weighted by atomic mass is 16.5. The van der Waals surface area contributed by atoms with Crippen LogP contribution in [-0.4, -0.2) is 43.6 Å². The zero-order chi connectivity index (χ0) is 18.6. The van der Waals surface area contributed by atoms with Crippen LogP contribution in [0.4, 0.5) is 0 Å². The minimum Gasteiger partial charge on any atom is -0.451 e. The van der Waals surface area contributed by atoms with E-state index in [0.717, 1.165) is 48.4 Å². The monoisotopic (exact) mass is 370 g/mol. The summed E-state index contributed by atoms with van der Waals surface area (Å²) in [4.78, 5) is 15.4. The predicted octanol–water partition coefficient (Wildman–Crippen LogP) is 3.96. The van der Waals surface area contributed by atoms with Gasteiger partial charge in [0.05, 0.1) is 6.61 Å². The standard InChI is InChI=1S/C22H30N2O3/c1-26-15-19-18-8-4-5-9-20(18)27-21(19)22(25)23-17-10-12-24(13-11-17)14-16-6-2-3-7-16/h4-5,8-9,16-17H,2-3,6-7,10-15H2,1H3,(H,23,25). The van der Waals surface area contributed by atoms with Crippen molar-refractivity contribution in [3.05, 3.63) is 35.6 Å². The first-order valence-corrected chi connectivity index (χ1v) is 10.3. The molecule has 1 aliphatic carbocycles. The van der Waals surface area contributed by atoms with Crippen LogP contribution in [0.5, 0.6) is 0 Å². The van der Waals surface area contributed by atoms with Gasteiger partial charge in [-0.05, 0) is 37.7 Å². The molecule has 2 aliphatic rings. The number of hydrogen-bond acceptors (Lipinski definition) is 4. The van der Waals surface area contributed by atoms with Crippen LogP contribution >= 0.6 is 0 Å². The van der Waals surface area contributed by atoms with E-state index in [-0.39, 0.29) is 11.9 Å². The molecule has 2 heterocycles. The van der Waals surface area contributed by atoms with Crippen molar-refractivity contribution < 1.29 is 13.9 Å². The Bertz CT molecular complexity index is 771. The predicted molar refractivity (Wildman–Crippen MR) is 106 cm³/mol. The van der Waals surface area contributed by atoms with Crippen molar-refractivity contribution in [1.29, 1.82) is 0 Å². The first-order valence-electron chi connectivity index (χ1n) is 10.3. The molecule has 0 bridgehead atoms. The molecule has 0 spiro atoms. The van der Waals surface area contributed by atoms with E-state index in [2.05, 4.69) is 10.2 Å². The molecule has 27 heavy (non-hydrogen) atoms.